The van der Waals surface area contributed by atoms with Crippen molar-refractivity contribution in [2.45, 2.75) is 45.2 Å². The van der Waals surface area contributed by atoms with Crippen LogP contribution in [0, 0.1) is 5.92 Å². The van der Waals surface area contributed by atoms with Gasteiger partial charge in [0.15, 0.2) is 0 Å². The number of rotatable bonds is 5. The molecule has 0 radical (unpaired) electrons. The smallest absolute Gasteiger partial charge is 0.0584 e. The van der Waals surface area contributed by atoms with E-state index in [0.29, 0.717) is 12.0 Å². The molecule has 0 saturated carbocycles. The normalized spacial score (nSPS) is 20.2. The van der Waals surface area contributed by atoms with Crippen molar-refractivity contribution < 1.29 is 5.11 Å². The van der Waals surface area contributed by atoms with E-state index in [0.717, 1.165) is 24.3 Å². The van der Waals surface area contributed by atoms with E-state index >= 15 is 0 Å². The first kappa shape index (κ1) is 13.9. The molecule has 2 unspecified atom stereocenters. The molecule has 0 aromatic heterocycles. The molecule has 2 nitrogen and oxygen atoms in total. The first-order valence-corrected chi connectivity index (χ1v) is 7.13. The molecule has 18 heavy (non-hydrogen) atoms. The minimum absolute atomic E-state index is 0.191. The van der Waals surface area contributed by atoms with Gasteiger partial charge in [-0.3, -0.25) is 0 Å². The molecule has 0 aliphatic heterocycles. The van der Waals surface area contributed by atoms with E-state index < -0.39 is 0 Å². The second kappa shape index (κ2) is 6.05. The molecule has 0 fully saturated rings. The number of halogens is 1. The van der Waals surface area contributed by atoms with Gasteiger partial charge in [-0.2, -0.15) is 0 Å². The highest BCUT2D eigenvalue weighted by molar-refractivity contribution is 6.30. The summed E-state index contributed by atoms with van der Waals surface area (Å²) < 4.78 is 0. The van der Waals surface area contributed by atoms with Gasteiger partial charge in [-0.05, 0) is 48.4 Å². The van der Waals surface area contributed by atoms with Gasteiger partial charge in [0, 0.05) is 17.1 Å². The molecular weight excluding hydrogens is 246 g/mol. The van der Waals surface area contributed by atoms with E-state index in [1.165, 1.54) is 11.1 Å². The summed E-state index contributed by atoms with van der Waals surface area (Å²) in [6.45, 7) is 4.58. The third kappa shape index (κ3) is 3.25. The van der Waals surface area contributed by atoms with Crippen LogP contribution >= 0.6 is 11.6 Å². The van der Waals surface area contributed by atoms with Crippen molar-refractivity contribution in [3.05, 3.63) is 34.3 Å². The van der Waals surface area contributed by atoms with Gasteiger partial charge in [-0.1, -0.05) is 31.5 Å². The molecule has 1 aliphatic rings. The van der Waals surface area contributed by atoms with Crippen molar-refractivity contribution in [3.63, 3.8) is 0 Å². The molecule has 1 aromatic rings. The Morgan fingerprint density at radius 2 is 2.22 bits per heavy atom. The fourth-order valence-corrected chi connectivity index (χ4v) is 3.00. The van der Waals surface area contributed by atoms with E-state index in [4.69, 9.17) is 11.6 Å². The molecule has 3 heteroatoms. The van der Waals surface area contributed by atoms with E-state index in [1.807, 2.05) is 6.07 Å². The van der Waals surface area contributed by atoms with Gasteiger partial charge in [-0.25, -0.2) is 0 Å². The SMILES string of the molecule is CC(C)CC(CO)NC1CCc2cc(Cl)ccc21. The van der Waals surface area contributed by atoms with Crippen LogP contribution in [0.3, 0.4) is 0 Å². The third-order valence-corrected chi connectivity index (χ3v) is 3.83. The summed E-state index contributed by atoms with van der Waals surface area (Å²) in [5.74, 6) is 0.598. The van der Waals surface area contributed by atoms with Crippen LogP contribution in [-0.2, 0) is 6.42 Å². The number of hydrogen-bond acceptors (Lipinski definition) is 2. The second-order valence-electron chi connectivity index (χ2n) is 5.61. The predicted molar refractivity (Wildman–Crippen MR) is 76.0 cm³/mol. The lowest BCUT2D eigenvalue weighted by atomic mass is 10.0. The maximum Gasteiger partial charge on any atom is 0.0584 e. The van der Waals surface area contributed by atoms with Crippen molar-refractivity contribution in [3.8, 4) is 0 Å². The summed E-state index contributed by atoms with van der Waals surface area (Å²) in [5, 5.41) is 13.8. The fraction of sp³-hybridized carbons (Fsp3) is 0.600. The van der Waals surface area contributed by atoms with Crippen LogP contribution in [0.4, 0.5) is 0 Å². The molecule has 100 valence electrons. The molecule has 0 heterocycles. The lowest BCUT2D eigenvalue weighted by Crippen LogP contribution is -2.36. The number of hydrogen-bond donors (Lipinski definition) is 2. The highest BCUT2D eigenvalue weighted by Crippen LogP contribution is 2.33. The summed E-state index contributed by atoms with van der Waals surface area (Å²) in [6, 6.07) is 6.70. The Kier molecular flexibility index (Phi) is 4.66. The topological polar surface area (TPSA) is 32.3 Å². The van der Waals surface area contributed by atoms with E-state index in [-0.39, 0.29) is 12.6 Å². The summed E-state index contributed by atoms with van der Waals surface area (Å²) in [4.78, 5) is 0. The van der Waals surface area contributed by atoms with Crippen molar-refractivity contribution in [2.24, 2.45) is 5.92 Å². The Morgan fingerprint density at radius 3 is 2.89 bits per heavy atom. The number of aliphatic hydroxyl groups is 1. The van der Waals surface area contributed by atoms with Gasteiger partial charge in [0.25, 0.3) is 0 Å². The lowest BCUT2D eigenvalue weighted by Gasteiger charge is -2.23. The summed E-state index contributed by atoms with van der Waals surface area (Å²) in [6.07, 6.45) is 3.19. The summed E-state index contributed by atoms with van der Waals surface area (Å²) in [5.41, 5.74) is 2.70. The van der Waals surface area contributed by atoms with E-state index in [9.17, 15) is 5.11 Å². The number of aryl methyl sites for hydroxylation is 1. The zero-order valence-corrected chi connectivity index (χ0v) is 11.9. The zero-order chi connectivity index (χ0) is 13.1. The van der Waals surface area contributed by atoms with Crippen LogP contribution in [-0.4, -0.2) is 17.8 Å². The zero-order valence-electron chi connectivity index (χ0n) is 11.1. The molecule has 1 aliphatic carbocycles. The lowest BCUT2D eigenvalue weighted by molar-refractivity contribution is 0.212. The molecular formula is C15H22ClNO. The Hall–Kier alpha value is -0.570. The van der Waals surface area contributed by atoms with Crippen molar-refractivity contribution in [2.75, 3.05) is 6.61 Å². The van der Waals surface area contributed by atoms with Gasteiger partial charge in [0.2, 0.25) is 0 Å². The van der Waals surface area contributed by atoms with Crippen LogP contribution in [0.2, 0.25) is 5.02 Å². The maximum atomic E-state index is 9.44. The van der Waals surface area contributed by atoms with Crippen molar-refractivity contribution in [1.29, 1.82) is 0 Å². The minimum Gasteiger partial charge on any atom is -0.395 e. The van der Waals surface area contributed by atoms with Gasteiger partial charge < -0.3 is 10.4 Å². The first-order valence-electron chi connectivity index (χ1n) is 6.75. The molecule has 2 N–H and O–H groups in total. The molecule has 0 amide bonds. The molecule has 0 saturated heterocycles. The number of nitrogens with one attached hydrogen (secondary N) is 1. The second-order valence-corrected chi connectivity index (χ2v) is 6.05. The Bertz CT molecular complexity index is 405. The Morgan fingerprint density at radius 1 is 1.44 bits per heavy atom. The largest absolute Gasteiger partial charge is 0.395 e. The summed E-state index contributed by atoms with van der Waals surface area (Å²) >= 11 is 6.01. The highest BCUT2D eigenvalue weighted by atomic mass is 35.5. The first-order chi connectivity index (χ1) is 8.60. The van der Waals surface area contributed by atoms with Gasteiger partial charge in [0.05, 0.1) is 6.61 Å². The summed E-state index contributed by atoms with van der Waals surface area (Å²) in [7, 11) is 0. The number of aliphatic hydroxyl groups excluding tert-OH is 1. The van der Waals surface area contributed by atoms with Crippen LogP contribution in [0.5, 0.6) is 0 Å². The average Bonchev–Trinajstić information content (AvgIpc) is 2.70. The fourth-order valence-electron chi connectivity index (χ4n) is 2.81. The van der Waals surface area contributed by atoms with Gasteiger partial charge >= 0.3 is 0 Å². The number of fused-ring (bicyclic) bond motifs is 1. The molecule has 2 atom stereocenters. The standard InChI is InChI=1S/C15H22ClNO/c1-10(2)7-13(9-18)17-15-6-3-11-8-12(16)4-5-14(11)15/h4-5,8,10,13,15,17-18H,3,6-7,9H2,1-2H3. The minimum atomic E-state index is 0.191. The van der Waals surface area contributed by atoms with Crippen LogP contribution in [0.15, 0.2) is 18.2 Å². The predicted octanol–water partition coefficient (Wildman–Crippen LogP) is 3.32. The Labute approximate surface area is 114 Å². The highest BCUT2D eigenvalue weighted by Gasteiger charge is 2.24. The maximum absolute atomic E-state index is 9.44. The van der Waals surface area contributed by atoms with E-state index in [1.54, 1.807) is 0 Å². The van der Waals surface area contributed by atoms with E-state index in [2.05, 4.69) is 31.3 Å². The quantitative estimate of drug-likeness (QED) is 0.858. The average molecular weight is 268 g/mol. The molecule has 0 spiro atoms. The Balaban J connectivity index is 2.04. The van der Waals surface area contributed by atoms with Crippen LogP contribution < -0.4 is 5.32 Å². The van der Waals surface area contributed by atoms with Crippen LogP contribution in [0.25, 0.3) is 0 Å². The number of benzene rings is 1. The van der Waals surface area contributed by atoms with Crippen molar-refractivity contribution in [1.82, 2.24) is 5.32 Å². The molecule has 0 bridgehead atoms. The monoisotopic (exact) mass is 267 g/mol. The third-order valence-electron chi connectivity index (χ3n) is 3.60. The molecule has 2 rings (SSSR count). The van der Waals surface area contributed by atoms with Gasteiger partial charge in [-0.15, -0.1) is 0 Å². The van der Waals surface area contributed by atoms with Crippen molar-refractivity contribution >= 4 is 11.6 Å². The molecule has 1 aromatic carbocycles. The van der Waals surface area contributed by atoms with Gasteiger partial charge in [0.1, 0.15) is 0 Å². The van der Waals surface area contributed by atoms with Crippen LogP contribution in [0.1, 0.15) is 43.9 Å².